The van der Waals surface area contributed by atoms with E-state index in [-0.39, 0.29) is 5.91 Å². The molecule has 2 aromatic carbocycles. The highest BCUT2D eigenvalue weighted by atomic mass is 35.5. The van der Waals surface area contributed by atoms with Crippen LogP contribution in [-0.2, 0) is 17.8 Å². The summed E-state index contributed by atoms with van der Waals surface area (Å²) in [5, 5.41) is 3.60. The number of hydrogen-bond donors (Lipinski definition) is 2. The summed E-state index contributed by atoms with van der Waals surface area (Å²) in [5.41, 5.74) is 8.10. The lowest BCUT2D eigenvalue weighted by Gasteiger charge is -2.13. The number of halogens is 1. The van der Waals surface area contributed by atoms with Gasteiger partial charge < -0.3 is 15.8 Å². The molecular formula is C19H23ClN2O2. The highest BCUT2D eigenvalue weighted by Gasteiger charge is 2.13. The van der Waals surface area contributed by atoms with Crippen LogP contribution in [0.15, 0.2) is 48.5 Å². The van der Waals surface area contributed by atoms with Gasteiger partial charge in [0, 0.05) is 17.1 Å². The van der Waals surface area contributed by atoms with E-state index in [2.05, 4.69) is 5.32 Å². The van der Waals surface area contributed by atoms with Crippen LogP contribution in [0.1, 0.15) is 24.0 Å². The van der Waals surface area contributed by atoms with Crippen LogP contribution in [0.2, 0.25) is 5.02 Å². The molecule has 0 saturated carbocycles. The van der Waals surface area contributed by atoms with Gasteiger partial charge in [-0.25, -0.2) is 0 Å². The van der Waals surface area contributed by atoms with Crippen LogP contribution >= 0.6 is 11.6 Å². The summed E-state index contributed by atoms with van der Waals surface area (Å²) < 4.78 is 5.27. The van der Waals surface area contributed by atoms with Gasteiger partial charge >= 0.3 is 0 Å². The Bertz CT molecular complexity index is 659. The number of nitrogens with two attached hydrogens (primary N) is 1. The smallest absolute Gasteiger partial charge is 0.237 e. The number of carbonyl (C=O) groups is 1. The molecule has 0 saturated heterocycles. The number of para-hydroxylation sites is 1. The molecule has 0 aromatic heterocycles. The number of amides is 1. The zero-order chi connectivity index (χ0) is 17.4. The molecule has 24 heavy (non-hydrogen) atoms. The maximum atomic E-state index is 12.1. The fourth-order valence-corrected chi connectivity index (χ4v) is 2.60. The number of nitrogens with one attached hydrogen (secondary N) is 1. The van der Waals surface area contributed by atoms with Gasteiger partial charge in [0.1, 0.15) is 5.75 Å². The van der Waals surface area contributed by atoms with Gasteiger partial charge in [0.2, 0.25) is 5.91 Å². The predicted octanol–water partition coefficient (Wildman–Crippen LogP) is 3.32. The molecule has 0 aliphatic carbocycles. The number of ether oxygens (including phenoxy) is 1. The Morgan fingerprint density at radius 1 is 1.21 bits per heavy atom. The number of carbonyl (C=O) groups excluding carboxylic acids is 1. The number of methoxy groups -OCH3 is 1. The Morgan fingerprint density at radius 3 is 2.62 bits per heavy atom. The van der Waals surface area contributed by atoms with Crippen LogP contribution in [0.25, 0.3) is 0 Å². The van der Waals surface area contributed by atoms with Crippen molar-refractivity contribution in [3.63, 3.8) is 0 Å². The third-order valence-corrected chi connectivity index (χ3v) is 4.13. The molecular weight excluding hydrogens is 324 g/mol. The van der Waals surface area contributed by atoms with Crippen molar-refractivity contribution < 1.29 is 9.53 Å². The van der Waals surface area contributed by atoms with Crippen LogP contribution in [0.4, 0.5) is 0 Å². The lowest BCUT2D eigenvalue weighted by molar-refractivity contribution is -0.122. The predicted molar refractivity (Wildman–Crippen MR) is 97.2 cm³/mol. The van der Waals surface area contributed by atoms with Crippen molar-refractivity contribution in [3.05, 3.63) is 64.7 Å². The molecule has 5 heteroatoms. The van der Waals surface area contributed by atoms with Gasteiger partial charge in [0.25, 0.3) is 0 Å². The quantitative estimate of drug-likeness (QED) is 0.770. The minimum atomic E-state index is -0.507. The van der Waals surface area contributed by atoms with E-state index in [0.717, 1.165) is 29.2 Å². The second-order valence-electron chi connectivity index (χ2n) is 5.65. The highest BCUT2D eigenvalue weighted by Crippen LogP contribution is 2.17. The van der Waals surface area contributed by atoms with E-state index in [1.807, 2.05) is 48.5 Å². The minimum absolute atomic E-state index is 0.142. The number of rotatable bonds is 8. The van der Waals surface area contributed by atoms with Crippen LogP contribution in [0.3, 0.4) is 0 Å². The van der Waals surface area contributed by atoms with Crippen LogP contribution in [-0.4, -0.2) is 19.1 Å². The topological polar surface area (TPSA) is 64.3 Å². The summed E-state index contributed by atoms with van der Waals surface area (Å²) >= 11 is 5.86. The molecule has 0 spiro atoms. The van der Waals surface area contributed by atoms with Crippen molar-refractivity contribution in [1.29, 1.82) is 0 Å². The molecule has 3 N–H and O–H groups in total. The summed E-state index contributed by atoms with van der Waals surface area (Å²) in [6.45, 7) is 0.410. The molecule has 2 aromatic rings. The molecule has 0 bridgehead atoms. The highest BCUT2D eigenvalue weighted by molar-refractivity contribution is 6.30. The van der Waals surface area contributed by atoms with Gasteiger partial charge in [0.05, 0.1) is 13.2 Å². The molecule has 0 aliphatic heterocycles. The van der Waals surface area contributed by atoms with Crippen molar-refractivity contribution in [2.75, 3.05) is 7.11 Å². The molecule has 2 rings (SSSR count). The summed E-state index contributed by atoms with van der Waals surface area (Å²) in [5.74, 6) is 0.617. The third kappa shape index (κ3) is 5.55. The molecule has 1 unspecified atom stereocenters. The fourth-order valence-electron chi connectivity index (χ4n) is 2.47. The van der Waals surface area contributed by atoms with E-state index in [1.54, 1.807) is 7.11 Å². The lowest BCUT2D eigenvalue weighted by Crippen LogP contribution is -2.40. The Balaban J connectivity index is 1.74. The van der Waals surface area contributed by atoms with E-state index < -0.39 is 6.04 Å². The van der Waals surface area contributed by atoms with Crippen molar-refractivity contribution in [1.82, 2.24) is 5.32 Å². The Kier molecular flexibility index (Phi) is 7.09. The zero-order valence-electron chi connectivity index (χ0n) is 13.8. The SMILES string of the molecule is COc1ccccc1CNC(=O)C(N)CCCc1ccc(Cl)cc1. The summed E-state index contributed by atoms with van der Waals surface area (Å²) in [6, 6.07) is 14.8. The van der Waals surface area contributed by atoms with Crippen molar-refractivity contribution in [2.45, 2.75) is 31.8 Å². The Morgan fingerprint density at radius 2 is 1.92 bits per heavy atom. The molecule has 0 heterocycles. The lowest BCUT2D eigenvalue weighted by atomic mass is 10.0. The van der Waals surface area contributed by atoms with Gasteiger partial charge in [-0.2, -0.15) is 0 Å². The van der Waals surface area contributed by atoms with E-state index in [4.69, 9.17) is 22.1 Å². The summed E-state index contributed by atoms with van der Waals surface area (Å²) in [7, 11) is 1.61. The van der Waals surface area contributed by atoms with E-state index in [9.17, 15) is 4.79 Å². The van der Waals surface area contributed by atoms with Gasteiger partial charge in [-0.15, -0.1) is 0 Å². The Labute approximate surface area is 148 Å². The third-order valence-electron chi connectivity index (χ3n) is 3.88. The molecule has 0 fully saturated rings. The van der Waals surface area contributed by atoms with E-state index in [1.165, 1.54) is 5.56 Å². The van der Waals surface area contributed by atoms with Gasteiger partial charge in [-0.3, -0.25) is 4.79 Å². The molecule has 1 atom stereocenters. The second-order valence-corrected chi connectivity index (χ2v) is 6.09. The first-order valence-corrected chi connectivity index (χ1v) is 8.37. The van der Waals surface area contributed by atoms with Crippen LogP contribution in [0.5, 0.6) is 5.75 Å². The van der Waals surface area contributed by atoms with Gasteiger partial charge in [-0.05, 0) is 43.0 Å². The molecule has 1 amide bonds. The van der Waals surface area contributed by atoms with E-state index in [0.29, 0.717) is 13.0 Å². The maximum absolute atomic E-state index is 12.1. The number of hydrogen-bond acceptors (Lipinski definition) is 3. The zero-order valence-corrected chi connectivity index (χ0v) is 14.6. The first-order valence-electron chi connectivity index (χ1n) is 8.00. The maximum Gasteiger partial charge on any atom is 0.237 e. The van der Waals surface area contributed by atoms with Gasteiger partial charge in [0.15, 0.2) is 0 Å². The monoisotopic (exact) mass is 346 g/mol. The van der Waals surface area contributed by atoms with Gasteiger partial charge in [-0.1, -0.05) is 41.9 Å². The fraction of sp³-hybridized carbons (Fsp3) is 0.316. The van der Waals surface area contributed by atoms with Crippen LogP contribution < -0.4 is 15.8 Å². The number of benzene rings is 2. The van der Waals surface area contributed by atoms with Crippen molar-refractivity contribution >= 4 is 17.5 Å². The molecule has 0 aliphatic rings. The molecule has 4 nitrogen and oxygen atoms in total. The van der Waals surface area contributed by atoms with Crippen molar-refractivity contribution in [3.8, 4) is 5.75 Å². The average Bonchev–Trinajstić information content (AvgIpc) is 2.61. The first-order chi connectivity index (χ1) is 11.6. The molecule has 0 radical (unpaired) electrons. The standard InChI is InChI=1S/C19H23ClN2O2/c1-24-18-8-3-2-6-15(18)13-22-19(23)17(21)7-4-5-14-9-11-16(20)12-10-14/h2-3,6,8-12,17H,4-5,7,13,21H2,1H3,(H,22,23). The van der Waals surface area contributed by atoms with Crippen LogP contribution in [0, 0.1) is 0 Å². The summed E-state index contributed by atoms with van der Waals surface area (Å²) in [6.07, 6.45) is 2.37. The number of aryl methyl sites for hydroxylation is 1. The second kappa shape index (κ2) is 9.30. The Hall–Kier alpha value is -2.04. The normalized spacial score (nSPS) is 11.8. The largest absolute Gasteiger partial charge is 0.496 e. The summed E-state index contributed by atoms with van der Waals surface area (Å²) in [4.78, 5) is 12.1. The van der Waals surface area contributed by atoms with Crippen molar-refractivity contribution in [2.24, 2.45) is 5.73 Å². The minimum Gasteiger partial charge on any atom is -0.496 e. The molecule has 128 valence electrons. The average molecular weight is 347 g/mol. The first kappa shape index (κ1) is 18.3. The van der Waals surface area contributed by atoms with E-state index >= 15 is 0 Å².